The molecule has 0 aliphatic heterocycles. The van der Waals surface area contributed by atoms with E-state index >= 15 is 0 Å². The highest BCUT2D eigenvalue weighted by molar-refractivity contribution is 9.10. The Morgan fingerprint density at radius 2 is 1.90 bits per heavy atom. The maximum atomic E-state index is 13.6. The van der Waals surface area contributed by atoms with Gasteiger partial charge in [-0.2, -0.15) is 13.2 Å². The summed E-state index contributed by atoms with van der Waals surface area (Å²) >= 11 is 3.03. The minimum absolute atomic E-state index is 0.137. The SMILES string of the molecule is O=C([O-])NC1CC(=O)c2c(S(=O)(=O)C(F)(F)F)ccc(Oc3cc(F)cc(Br)c3)c21. The summed E-state index contributed by atoms with van der Waals surface area (Å²) in [5.41, 5.74) is -6.97. The summed E-state index contributed by atoms with van der Waals surface area (Å²) in [6.07, 6.45) is -2.50. The number of halogens is 5. The Kier molecular flexibility index (Phi) is 5.54. The standard InChI is InChI=1S/C17H10BrF4NO6S/c18-7-3-8(19)5-9(4-7)29-12-1-2-13(30(27,28)17(20,21)22)15-11(24)6-10(14(12)15)23-16(25)26/h1-5,10,23H,6H2,(H,25,26)/p-1. The van der Waals surface area contributed by atoms with Crippen molar-refractivity contribution in [2.24, 2.45) is 0 Å². The van der Waals surface area contributed by atoms with Gasteiger partial charge in [0.25, 0.3) is 9.84 Å². The molecule has 1 N–H and O–H groups in total. The van der Waals surface area contributed by atoms with E-state index in [1.165, 1.54) is 6.07 Å². The molecule has 1 atom stereocenters. The van der Waals surface area contributed by atoms with Gasteiger partial charge in [0.05, 0.1) is 10.9 Å². The summed E-state index contributed by atoms with van der Waals surface area (Å²) < 4.78 is 82.3. The van der Waals surface area contributed by atoms with Gasteiger partial charge < -0.3 is 20.0 Å². The molecule has 1 amide bonds. The van der Waals surface area contributed by atoms with E-state index in [0.717, 1.165) is 18.2 Å². The van der Waals surface area contributed by atoms with Crippen LogP contribution in [-0.4, -0.2) is 25.8 Å². The van der Waals surface area contributed by atoms with Crippen molar-refractivity contribution in [3.05, 3.63) is 51.7 Å². The summed E-state index contributed by atoms with van der Waals surface area (Å²) in [7, 11) is -5.92. The molecule has 0 saturated carbocycles. The van der Waals surface area contributed by atoms with Crippen LogP contribution in [0.25, 0.3) is 0 Å². The lowest BCUT2D eigenvalue weighted by Gasteiger charge is -2.20. The van der Waals surface area contributed by atoms with Gasteiger partial charge in [0.2, 0.25) is 0 Å². The first-order valence-corrected chi connectivity index (χ1v) is 10.2. The number of amides is 1. The molecule has 0 aromatic heterocycles. The number of alkyl halides is 3. The molecular formula is C17H9BrF4NO6S-. The van der Waals surface area contributed by atoms with E-state index in [1.807, 2.05) is 5.32 Å². The molecule has 2 aromatic carbocycles. The zero-order valence-corrected chi connectivity index (χ0v) is 16.8. The highest BCUT2D eigenvalue weighted by atomic mass is 79.9. The predicted octanol–water partition coefficient (Wildman–Crippen LogP) is 3.23. The van der Waals surface area contributed by atoms with E-state index in [9.17, 15) is 40.7 Å². The number of Topliss-reactive ketones (excluding diaryl/α,β-unsaturated/α-hetero) is 1. The van der Waals surface area contributed by atoms with Gasteiger partial charge in [-0.05, 0) is 24.3 Å². The Morgan fingerprint density at radius 3 is 2.47 bits per heavy atom. The normalized spacial score (nSPS) is 16.3. The zero-order valence-electron chi connectivity index (χ0n) is 14.4. The maximum absolute atomic E-state index is 13.6. The fourth-order valence-electron chi connectivity index (χ4n) is 3.02. The van der Waals surface area contributed by atoms with Crippen LogP contribution in [0.15, 0.2) is 39.7 Å². The lowest BCUT2D eigenvalue weighted by atomic mass is 10.1. The molecule has 1 aliphatic rings. The molecule has 0 radical (unpaired) electrons. The summed E-state index contributed by atoms with van der Waals surface area (Å²) in [6, 6.07) is 3.26. The lowest BCUT2D eigenvalue weighted by Crippen LogP contribution is -2.38. The van der Waals surface area contributed by atoms with Crippen LogP contribution < -0.4 is 15.2 Å². The van der Waals surface area contributed by atoms with Crippen LogP contribution in [0, 0.1) is 5.82 Å². The number of ketones is 1. The van der Waals surface area contributed by atoms with Gasteiger partial charge in [-0.25, -0.2) is 12.8 Å². The molecule has 0 heterocycles. The molecule has 30 heavy (non-hydrogen) atoms. The van der Waals surface area contributed by atoms with Crippen LogP contribution in [0.4, 0.5) is 22.4 Å². The fourth-order valence-corrected chi connectivity index (χ4v) is 4.45. The van der Waals surface area contributed by atoms with Crippen molar-refractivity contribution in [1.82, 2.24) is 5.32 Å². The number of nitrogens with one attached hydrogen (secondary N) is 1. The second-order valence-electron chi connectivity index (χ2n) is 6.12. The minimum Gasteiger partial charge on any atom is -0.530 e. The van der Waals surface area contributed by atoms with Crippen molar-refractivity contribution in [3.63, 3.8) is 0 Å². The topological polar surface area (TPSA) is 113 Å². The van der Waals surface area contributed by atoms with Crippen molar-refractivity contribution >= 4 is 37.6 Å². The third-order valence-electron chi connectivity index (χ3n) is 4.13. The second-order valence-corrected chi connectivity index (χ2v) is 8.94. The predicted molar refractivity (Wildman–Crippen MR) is 94.1 cm³/mol. The van der Waals surface area contributed by atoms with Gasteiger partial charge in [-0.1, -0.05) is 15.9 Å². The number of rotatable bonds is 4. The number of fused-ring (bicyclic) bond motifs is 1. The van der Waals surface area contributed by atoms with Crippen molar-refractivity contribution in [1.29, 1.82) is 0 Å². The first kappa shape index (κ1) is 22.0. The average Bonchev–Trinajstić information content (AvgIpc) is 2.89. The molecule has 2 aromatic rings. The van der Waals surface area contributed by atoms with Gasteiger partial charge >= 0.3 is 5.51 Å². The first-order chi connectivity index (χ1) is 13.8. The van der Waals surface area contributed by atoms with Crippen molar-refractivity contribution in [2.75, 3.05) is 0 Å². The van der Waals surface area contributed by atoms with E-state index in [2.05, 4.69) is 15.9 Å². The minimum atomic E-state index is -5.92. The lowest BCUT2D eigenvalue weighted by molar-refractivity contribution is -0.251. The smallest absolute Gasteiger partial charge is 0.501 e. The second kappa shape index (κ2) is 7.54. The van der Waals surface area contributed by atoms with Gasteiger partial charge in [-0.3, -0.25) is 4.79 Å². The number of carboxylic acid groups (broad SMARTS) is 1. The molecular weight excluding hydrogens is 502 g/mol. The summed E-state index contributed by atoms with van der Waals surface area (Å²) in [5.74, 6) is -2.24. The van der Waals surface area contributed by atoms with Gasteiger partial charge in [0.15, 0.2) is 5.78 Å². The number of carbonyl (C=O) groups excluding carboxylic acids is 2. The van der Waals surface area contributed by atoms with Crippen LogP contribution in [-0.2, 0) is 9.84 Å². The van der Waals surface area contributed by atoms with Crippen LogP contribution in [0.1, 0.15) is 28.4 Å². The Balaban J connectivity index is 2.23. The first-order valence-electron chi connectivity index (χ1n) is 7.94. The molecule has 7 nitrogen and oxygen atoms in total. The van der Waals surface area contributed by atoms with Crippen molar-refractivity contribution in [3.8, 4) is 11.5 Å². The third-order valence-corrected chi connectivity index (χ3v) is 6.12. The van der Waals surface area contributed by atoms with Crippen LogP contribution in [0.5, 0.6) is 11.5 Å². The van der Waals surface area contributed by atoms with Crippen LogP contribution in [0.2, 0.25) is 0 Å². The van der Waals surface area contributed by atoms with E-state index in [4.69, 9.17) is 4.74 Å². The Hall–Kier alpha value is -2.67. The quantitative estimate of drug-likeness (QED) is 0.631. The average molecular weight is 511 g/mol. The number of hydrogen-bond donors (Lipinski definition) is 1. The largest absolute Gasteiger partial charge is 0.530 e. The van der Waals surface area contributed by atoms with E-state index in [0.29, 0.717) is 6.07 Å². The number of ether oxygens (including phenoxy) is 1. The molecule has 160 valence electrons. The number of benzene rings is 2. The van der Waals surface area contributed by atoms with Crippen molar-refractivity contribution in [2.45, 2.75) is 22.9 Å². The van der Waals surface area contributed by atoms with Gasteiger partial charge in [-0.15, -0.1) is 0 Å². The summed E-state index contributed by atoms with van der Waals surface area (Å²) in [6.45, 7) is 0. The third kappa shape index (κ3) is 3.99. The van der Waals surface area contributed by atoms with Crippen LogP contribution in [0.3, 0.4) is 0 Å². The van der Waals surface area contributed by atoms with Crippen LogP contribution >= 0.6 is 15.9 Å². The molecule has 3 rings (SSSR count). The maximum Gasteiger partial charge on any atom is 0.501 e. The Labute approximate surface area is 174 Å². The molecule has 0 spiro atoms. The number of hydrogen-bond acceptors (Lipinski definition) is 6. The van der Waals surface area contributed by atoms with E-state index in [1.54, 1.807) is 0 Å². The molecule has 0 saturated heterocycles. The van der Waals surface area contributed by atoms with Gasteiger partial charge in [0, 0.05) is 28.1 Å². The van der Waals surface area contributed by atoms with Gasteiger partial charge in [0.1, 0.15) is 23.4 Å². The molecule has 1 unspecified atom stereocenters. The zero-order chi connectivity index (χ0) is 22.4. The molecule has 0 bridgehead atoms. The highest BCUT2D eigenvalue weighted by Crippen LogP contribution is 2.45. The Morgan fingerprint density at radius 1 is 1.23 bits per heavy atom. The monoisotopic (exact) mass is 510 g/mol. The van der Waals surface area contributed by atoms with Crippen molar-refractivity contribution < 1.29 is 45.4 Å². The van der Waals surface area contributed by atoms with E-state index < -0.39 is 61.5 Å². The van der Waals surface area contributed by atoms with E-state index in [-0.39, 0.29) is 16.0 Å². The molecule has 0 fully saturated rings. The number of sulfone groups is 1. The summed E-state index contributed by atoms with van der Waals surface area (Å²) in [4.78, 5) is 22.0. The fraction of sp³-hybridized carbons (Fsp3) is 0.176. The number of carbonyl (C=O) groups is 2. The molecule has 1 aliphatic carbocycles. The Bertz CT molecular complexity index is 1150. The summed E-state index contributed by atoms with van der Waals surface area (Å²) in [5, 5.41) is 12.8. The molecule has 13 heteroatoms. The highest BCUT2D eigenvalue weighted by Gasteiger charge is 2.50.